The van der Waals surface area contributed by atoms with Gasteiger partial charge in [-0.2, -0.15) is 0 Å². The SMILES string of the molecule is C=C(C)OC12CCCC(C)C3CC(C)(S(C)(=O)(O)O)C45CCC(CC4C31C2=O)C(=C)C5=O. The van der Waals surface area contributed by atoms with Gasteiger partial charge in [-0.1, -0.05) is 26.5 Å². The normalized spacial score (nSPS) is 50.9. The van der Waals surface area contributed by atoms with Crippen molar-refractivity contribution >= 4 is 21.2 Å². The van der Waals surface area contributed by atoms with E-state index in [-0.39, 0.29) is 35.7 Å². The van der Waals surface area contributed by atoms with Gasteiger partial charge in [-0.25, -0.2) is 4.21 Å². The molecule has 0 radical (unpaired) electrons. The summed E-state index contributed by atoms with van der Waals surface area (Å²) in [4.78, 5) is 28.0. The zero-order chi connectivity index (χ0) is 23.7. The lowest BCUT2D eigenvalue weighted by atomic mass is 9.39. The van der Waals surface area contributed by atoms with Crippen molar-refractivity contribution in [3.05, 3.63) is 24.5 Å². The molecule has 8 atom stereocenters. The fraction of sp³-hybridized carbons (Fsp3) is 0.760. The van der Waals surface area contributed by atoms with E-state index in [1.54, 1.807) is 13.8 Å². The Labute approximate surface area is 190 Å². The fourth-order valence-corrected chi connectivity index (χ4v) is 10.7. The van der Waals surface area contributed by atoms with Crippen molar-refractivity contribution in [3.8, 4) is 0 Å². The Kier molecular flexibility index (Phi) is 4.10. The monoisotopic (exact) mass is 464 g/mol. The summed E-state index contributed by atoms with van der Waals surface area (Å²) in [5, 5.41) is 0. The van der Waals surface area contributed by atoms with E-state index in [1.807, 2.05) is 0 Å². The predicted molar refractivity (Wildman–Crippen MR) is 122 cm³/mol. The van der Waals surface area contributed by atoms with Gasteiger partial charge in [-0.3, -0.25) is 9.59 Å². The molecule has 6 saturated carbocycles. The first-order chi connectivity index (χ1) is 14.6. The molecule has 6 aliphatic carbocycles. The first-order valence-electron chi connectivity index (χ1n) is 11.8. The molecule has 6 rings (SSSR count). The minimum atomic E-state index is -5.22. The number of Topliss-reactive ketones (excluding diaryl/α,β-unsaturated/α-hetero) is 2. The van der Waals surface area contributed by atoms with E-state index in [2.05, 4.69) is 20.1 Å². The first-order valence-corrected chi connectivity index (χ1v) is 14.1. The highest BCUT2D eigenvalue weighted by molar-refractivity contribution is 8.10. The van der Waals surface area contributed by atoms with E-state index in [9.17, 15) is 22.9 Å². The number of carbonyl (C=O) groups excluding carboxylic acids is 2. The third-order valence-electron chi connectivity index (χ3n) is 10.5. The molecule has 0 aromatic heterocycles. The van der Waals surface area contributed by atoms with Crippen molar-refractivity contribution < 1.29 is 27.6 Å². The molecule has 2 spiro atoms. The van der Waals surface area contributed by atoms with Crippen LogP contribution in [0.5, 0.6) is 0 Å². The average Bonchev–Trinajstić information content (AvgIpc) is 3.20. The smallest absolute Gasteiger partial charge is 0.188 e. The highest BCUT2D eigenvalue weighted by Crippen LogP contribution is 2.82. The van der Waals surface area contributed by atoms with Crippen molar-refractivity contribution in [1.82, 2.24) is 0 Å². The Hall–Kier alpha value is -1.31. The molecule has 6 fully saturated rings. The number of ether oxygens (including phenoxy) is 1. The molecule has 32 heavy (non-hydrogen) atoms. The van der Waals surface area contributed by atoms with Gasteiger partial charge in [0.1, 0.15) is 0 Å². The summed E-state index contributed by atoms with van der Waals surface area (Å²) in [6, 6.07) is 0. The van der Waals surface area contributed by atoms with Crippen molar-refractivity contribution in [2.24, 2.45) is 34.5 Å². The molecule has 0 saturated heterocycles. The number of rotatable bonds is 3. The van der Waals surface area contributed by atoms with Gasteiger partial charge in [0.25, 0.3) is 0 Å². The lowest BCUT2D eigenvalue weighted by Crippen LogP contribution is -2.76. The lowest BCUT2D eigenvalue weighted by Gasteiger charge is -2.69. The lowest BCUT2D eigenvalue weighted by molar-refractivity contribution is -0.169. The minimum absolute atomic E-state index is 0.0254. The molecule has 6 nitrogen and oxygen atoms in total. The summed E-state index contributed by atoms with van der Waals surface area (Å²) in [7, 11) is -5.22. The van der Waals surface area contributed by atoms with E-state index in [0.29, 0.717) is 37.0 Å². The van der Waals surface area contributed by atoms with E-state index in [0.717, 1.165) is 19.1 Å². The quantitative estimate of drug-likeness (QED) is 0.475. The van der Waals surface area contributed by atoms with Crippen LogP contribution in [0.1, 0.15) is 65.7 Å². The Morgan fingerprint density at radius 3 is 2.47 bits per heavy atom. The Morgan fingerprint density at radius 2 is 1.88 bits per heavy atom. The predicted octanol–water partition coefficient (Wildman–Crippen LogP) is 4.38. The van der Waals surface area contributed by atoms with Gasteiger partial charge in [0.05, 0.1) is 31.0 Å². The van der Waals surface area contributed by atoms with Gasteiger partial charge in [0, 0.05) is 6.26 Å². The first kappa shape index (κ1) is 22.5. The second-order valence-corrected chi connectivity index (χ2v) is 15.2. The third kappa shape index (κ3) is 2.13. The third-order valence-corrected chi connectivity index (χ3v) is 13.1. The topological polar surface area (TPSA) is 101 Å². The maximum Gasteiger partial charge on any atom is 0.188 e. The highest BCUT2D eigenvalue weighted by atomic mass is 32.3. The Bertz CT molecular complexity index is 1040. The summed E-state index contributed by atoms with van der Waals surface area (Å²) in [6.45, 7) is 13.4. The van der Waals surface area contributed by atoms with Crippen LogP contribution in [0, 0.1) is 34.5 Å². The van der Waals surface area contributed by atoms with Crippen LogP contribution in [0.25, 0.3) is 0 Å². The van der Waals surface area contributed by atoms with Crippen LogP contribution < -0.4 is 0 Å². The zero-order valence-corrected chi connectivity index (χ0v) is 20.4. The largest absolute Gasteiger partial charge is 0.484 e. The zero-order valence-electron chi connectivity index (χ0n) is 19.6. The molecule has 0 heterocycles. The number of allylic oxidation sites excluding steroid dienone is 2. The van der Waals surface area contributed by atoms with Crippen molar-refractivity contribution in [2.45, 2.75) is 76.1 Å². The van der Waals surface area contributed by atoms with Gasteiger partial charge in [-0.15, -0.1) is 0 Å². The van der Waals surface area contributed by atoms with Gasteiger partial charge < -0.3 is 13.8 Å². The minimum Gasteiger partial charge on any atom is -0.484 e. The van der Waals surface area contributed by atoms with Crippen molar-refractivity contribution in [3.63, 3.8) is 0 Å². The summed E-state index contributed by atoms with van der Waals surface area (Å²) in [5.41, 5.74) is -2.74. The maximum absolute atomic E-state index is 14.0. The summed E-state index contributed by atoms with van der Waals surface area (Å²) in [5.74, 6) is -0.368. The molecule has 6 aliphatic rings. The second kappa shape index (κ2) is 5.84. The number of carbonyl (C=O) groups is 2. The van der Waals surface area contributed by atoms with E-state index >= 15 is 0 Å². The molecule has 0 amide bonds. The van der Waals surface area contributed by atoms with Gasteiger partial charge in [0.2, 0.25) is 0 Å². The number of ketones is 2. The fourth-order valence-electron chi connectivity index (χ4n) is 9.00. The van der Waals surface area contributed by atoms with Crippen molar-refractivity contribution in [1.29, 1.82) is 0 Å². The van der Waals surface area contributed by atoms with Crippen LogP contribution in [0.2, 0.25) is 0 Å². The van der Waals surface area contributed by atoms with Gasteiger partial charge >= 0.3 is 0 Å². The average molecular weight is 465 g/mol. The molecule has 7 heteroatoms. The highest BCUT2D eigenvalue weighted by Gasteiger charge is 2.92. The number of hydrogen-bond acceptors (Lipinski definition) is 4. The number of fused-ring (bicyclic) bond motifs is 2. The molecule has 2 bridgehead atoms. The molecule has 8 unspecified atom stereocenters. The summed E-state index contributed by atoms with van der Waals surface area (Å²) < 4.78 is 40.7. The molecule has 0 aliphatic heterocycles. The molecule has 2 N–H and O–H groups in total. The Balaban J connectivity index is 1.83. The van der Waals surface area contributed by atoms with Crippen LogP contribution in [0.15, 0.2) is 24.5 Å². The molecule has 178 valence electrons. The Morgan fingerprint density at radius 1 is 1.22 bits per heavy atom. The van der Waals surface area contributed by atoms with Crippen LogP contribution >= 0.6 is 0 Å². The molecular weight excluding hydrogens is 428 g/mol. The van der Waals surface area contributed by atoms with E-state index < -0.39 is 36.7 Å². The van der Waals surface area contributed by atoms with Crippen LogP contribution in [-0.2, 0) is 24.0 Å². The molecule has 0 aromatic rings. The van der Waals surface area contributed by atoms with Crippen LogP contribution in [0.3, 0.4) is 0 Å². The van der Waals surface area contributed by atoms with E-state index in [1.165, 1.54) is 0 Å². The van der Waals surface area contributed by atoms with Gasteiger partial charge in [-0.05, 0) is 81.6 Å². The van der Waals surface area contributed by atoms with Crippen LogP contribution in [-0.4, -0.2) is 41.5 Å². The van der Waals surface area contributed by atoms with E-state index in [4.69, 9.17) is 4.74 Å². The van der Waals surface area contributed by atoms with Gasteiger partial charge in [0.15, 0.2) is 17.2 Å². The molecular formula is C25H36O6S. The van der Waals surface area contributed by atoms with Crippen LogP contribution in [0.4, 0.5) is 0 Å². The summed E-state index contributed by atoms with van der Waals surface area (Å²) >= 11 is 0. The van der Waals surface area contributed by atoms with Crippen molar-refractivity contribution in [2.75, 3.05) is 6.26 Å². The number of hydrogen-bond donors (Lipinski definition) is 2. The molecule has 0 aromatic carbocycles. The summed E-state index contributed by atoms with van der Waals surface area (Å²) in [6.07, 6.45) is 5.02. The standard InChI is InChI=1S/C25H36O6S/c1-14(2)31-24-10-7-8-15(3)18-13-22(5,32(6,28,29)30)23-11-9-17(16(4)20(23)26)12-19(23)25(18,24)21(24)27/h15,17-19H,1,4,7-13H2,2-3,5-6H3,(H2,28,29,30). The maximum atomic E-state index is 14.0. The second-order valence-electron chi connectivity index (χ2n) is 11.8.